The van der Waals surface area contributed by atoms with Gasteiger partial charge in [-0.05, 0) is 24.0 Å². The maximum Gasteiger partial charge on any atom is 0.0640 e. The van der Waals surface area contributed by atoms with Crippen LogP contribution in [0.1, 0.15) is 31.9 Å². The zero-order chi connectivity index (χ0) is 13.3. The molecule has 0 amide bonds. The number of nitrogens with zero attached hydrogens (tertiary/aromatic N) is 1. The van der Waals surface area contributed by atoms with Crippen molar-refractivity contribution in [2.24, 2.45) is 11.7 Å². The van der Waals surface area contributed by atoms with Gasteiger partial charge in [-0.25, -0.2) is 0 Å². The van der Waals surface area contributed by atoms with Crippen molar-refractivity contribution in [2.45, 2.75) is 32.4 Å². The van der Waals surface area contributed by atoms with E-state index in [1.807, 2.05) is 18.2 Å². The lowest BCUT2D eigenvalue weighted by Crippen LogP contribution is -2.34. The maximum atomic E-state index is 6.33. The summed E-state index contributed by atoms with van der Waals surface area (Å²) in [5, 5.41) is 1.26. The van der Waals surface area contributed by atoms with E-state index in [1.54, 1.807) is 0 Å². The van der Waals surface area contributed by atoms with Gasteiger partial charge >= 0.3 is 0 Å². The van der Waals surface area contributed by atoms with Gasteiger partial charge in [-0.15, -0.1) is 0 Å². The maximum absolute atomic E-state index is 6.33. The Balaban J connectivity index is 2.31. The van der Waals surface area contributed by atoms with Crippen LogP contribution < -0.4 is 5.73 Å². The van der Waals surface area contributed by atoms with Crippen LogP contribution in [-0.4, -0.2) is 24.0 Å². The summed E-state index contributed by atoms with van der Waals surface area (Å²) in [5.41, 5.74) is 7.32. The average molecular weight is 287 g/mol. The summed E-state index contributed by atoms with van der Waals surface area (Å²) in [4.78, 5) is 2.42. The number of nitrogens with two attached hydrogens (primary N) is 1. The molecular weight excluding hydrogens is 267 g/mol. The summed E-state index contributed by atoms with van der Waals surface area (Å²) in [6.07, 6.45) is 1.01. The molecule has 0 aliphatic carbocycles. The highest BCUT2D eigenvalue weighted by molar-refractivity contribution is 6.42. The van der Waals surface area contributed by atoms with Gasteiger partial charge in [0, 0.05) is 19.1 Å². The molecule has 0 radical (unpaired) electrons. The smallest absolute Gasteiger partial charge is 0.0640 e. The molecule has 4 heteroatoms. The number of hydrogen-bond donors (Lipinski definition) is 1. The Labute approximate surface area is 119 Å². The standard InChI is InChI=1S/C14H20Cl2N2/c1-9(2)8-18-7-6-12(17)14(18)10-4-3-5-11(15)13(10)16/h3-5,9,12,14H,6-8,17H2,1-2H3. The average Bonchev–Trinajstić information content (AvgIpc) is 2.63. The van der Waals surface area contributed by atoms with Crippen LogP contribution in [0.4, 0.5) is 0 Å². The van der Waals surface area contributed by atoms with Crippen LogP contribution in [0, 0.1) is 5.92 Å². The predicted molar refractivity (Wildman–Crippen MR) is 78.2 cm³/mol. The fourth-order valence-electron chi connectivity index (χ4n) is 2.73. The topological polar surface area (TPSA) is 29.3 Å². The Bertz CT molecular complexity index is 420. The summed E-state index contributed by atoms with van der Waals surface area (Å²) in [5.74, 6) is 0.621. The third-order valence-electron chi connectivity index (χ3n) is 3.45. The molecule has 2 nitrogen and oxygen atoms in total. The summed E-state index contributed by atoms with van der Waals surface area (Å²) in [6.45, 7) is 6.52. The van der Waals surface area contributed by atoms with Gasteiger partial charge in [0.15, 0.2) is 0 Å². The van der Waals surface area contributed by atoms with Gasteiger partial charge in [0.05, 0.1) is 16.1 Å². The summed E-state index contributed by atoms with van der Waals surface area (Å²) >= 11 is 12.4. The number of halogens is 2. The van der Waals surface area contributed by atoms with Crippen molar-refractivity contribution in [3.8, 4) is 0 Å². The van der Waals surface area contributed by atoms with Gasteiger partial charge in [-0.3, -0.25) is 4.90 Å². The van der Waals surface area contributed by atoms with E-state index in [1.165, 1.54) is 0 Å². The summed E-state index contributed by atoms with van der Waals surface area (Å²) in [6, 6.07) is 6.14. The normalized spacial score (nSPS) is 25.0. The molecule has 1 aromatic rings. The van der Waals surface area contributed by atoms with Crippen molar-refractivity contribution in [1.29, 1.82) is 0 Å². The lowest BCUT2D eigenvalue weighted by atomic mass is 10.00. The molecule has 2 unspecified atom stereocenters. The monoisotopic (exact) mass is 286 g/mol. The minimum atomic E-state index is 0.139. The van der Waals surface area contributed by atoms with Gasteiger partial charge in [-0.2, -0.15) is 0 Å². The molecule has 0 saturated carbocycles. The number of benzene rings is 1. The summed E-state index contributed by atoms with van der Waals surface area (Å²) < 4.78 is 0. The Morgan fingerprint density at radius 1 is 1.39 bits per heavy atom. The van der Waals surface area contributed by atoms with Crippen molar-refractivity contribution >= 4 is 23.2 Å². The third-order valence-corrected chi connectivity index (χ3v) is 4.28. The zero-order valence-electron chi connectivity index (χ0n) is 10.9. The van der Waals surface area contributed by atoms with Crippen LogP contribution in [0.2, 0.25) is 10.0 Å². The van der Waals surface area contributed by atoms with Gasteiger partial charge in [0.25, 0.3) is 0 Å². The molecular formula is C14H20Cl2N2. The van der Waals surface area contributed by atoms with Crippen LogP contribution in [-0.2, 0) is 0 Å². The van der Waals surface area contributed by atoms with E-state index in [-0.39, 0.29) is 12.1 Å². The third kappa shape index (κ3) is 2.83. The van der Waals surface area contributed by atoms with E-state index in [2.05, 4.69) is 18.7 Å². The molecule has 1 aliphatic heterocycles. The zero-order valence-corrected chi connectivity index (χ0v) is 12.4. The molecule has 100 valence electrons. The first kappa shape index (κ1) is 14.1. The van der Waals surface area contributed by atoms with Crippen LogP contribution in [0.15, 0.2) is 18.2 Å². The molecule has 2 atom stereocenters. The van der Waals surface area contributed by atoms with Crippen LogP contribution in [0.3, 0.4) is 0 Å². The van der Waals surface area contributed by atoms with Crippen molar-refractivity contribution in [3.05, 3.63) is 33.8 Å². The highest BCUT2D eigenvalue weighted by Gasteiger charge is 2.34. The molecule has 1 saturated heterocycles. The fraction of sp³-hybridized carbons (Fsp3) is 0.571. The molecule has 0 spiro atoms. The van der Waals surface area contributed by atoms with E-state index < -0.39 is 0 Å². The largest absolute Gasteiger partial charge is 0.326 e. The molecule has 0 bridgehead atoms. The molecule has 0 aromatic heterocycles. The molecule has 1 aliphatic rings. The van der Waals surface area contributed by atoms with Gasteiger partial charge < -0.3 is 5.73 Å². The van der Waals surface area contributed by atoms with Crippen molar-refractivity contribution < 1.29 is 0 Å². The van der Waals surface area contributed by atoms with E-state index in [0.717, 1.165) is 25.1 Å². The van der Waals surface area contributed by atoms with E-state index in [9.17, 15) is 0 Å². The van der Waals surface area contributed by atoms with Gasteiger partial charge in [0.2, 0.25) is 0 Å². The second kappa shape index (κ2) is 5.79. The minimum absolute atomic E-state index is 0.139. The lowest BCUT2D eigenvalue weighted by molar-refractivity contribution is 0.221. The van der Waals surface area contributed by atoms with Crippen LogP contribution >= 0.6 is 23.2 Å². The first-order chi connectivity index (χ1) is 8.50. The van der Waals surface area contributed by atoms with Gasteiger partial charge in [-0.1, -0.05) is 49.2 Å². The van der Waals surface area contributed by atoms with Crippen LogP contribution in [0.5, 0.6) is 0 Å². The Morgan fingerprint density at radius 2 is 2.11 bits per heavy atom. The second-order valence-corrected chi connectivity index (χ2v) is 6.21. The highest BCUT2D eigenvalue weighted by atomic mass is 35.5. The SMILES string of the molecule is CC(C)CN1CCC(N)C1c1cccc(Cl)c1Cl. The minimum Gasteiger partial charge on any atom is -0.326 e. The van der Waals surface area contributed by atoms with Crippen LogP contribution in [0.25, 0.3) is 0 Å². The van der Waals surface area contributed by atoms with E-state index in [4.69, 9.17) is 28.9 Å². The Morgan fingerprint density at radius 3 is 2.78 bits per heavy atom. The van der Waals surface area contributed by atoms with E-state index in [0.29, 0.717) is 16.0 Å². The Hall–Kier alpha value is -0.280. The lowest BCUT2D eigenvalue weighted by Gasteiger charge is -2.29. The molecule has 1 aromatic carbocycles. The first-order valence-electron chi connectivity index (χ1n) is 6.44. The molecule has 2 N–H and O–H groups in total. The predicted octanol–water partition coefficient (Wildman–Crippen LogP) is 3.72. The highest BCUT2D eigenvalue weighted by Crippen LogP contribution is 2.38. The first-order valence-corrected chi connectivity index (χ1v) is 7.20. The second-order valence-electron chi connectivity index (χ2n) is 5.43. The quantitative estimate of drug-likeness (QED) is 0.918. The van der Waals surface area contributed by atoms with Gasteiger partial charge in [0.1, 0.15) is 0 Å². The number of likely N-dealkylation sites (tertiary alicyclic amines) is 1. The van der Waals surface area contributed by atoms with Crippen molar-refractivity contribution in [2.75, 3.05) is 13.1 Å². The Kier molecular flexibility index (Phi) is 4.54. The molecule has 1 fully saturated rings. The van der Waals surface area contributed by atoms with Crippen molar-refractivity contribution in [3.63, 3.8) is 0 Å². The molecule has 18 heavy (non-hydrogen) atoms. The fourth-order valence-corrected chi connectivity index (χ4v) is 3.15. The number of rotatable bonds is 3. The summed E-state index contributed by atoms with van der Waals surface area (Å²) in [7, 11) is 0. The molecule has 2 rings (SSSR count). The van der Waals surface area contributed by atoms with Crippen molar-refractivity contribution in [1.82, 2.24) is 4.90 Å². The number of hydrogen-bond acceptors (Lipinski definition) is 2. The van der Waals surface area contributed by atoms with E-state index >= 15 is 0 Å². The molecule has 1 heterocycles.